The number of benzene rings is 2. The van der Waals surface area contributed by atoms with E-state index in [1.165, 1.54) is 41.1 Å². The first-order valence-corrected chi connectivity index (χ1v) is 10.1. The van der Waals surface area contributed by atoms with Crippen LogP contribution in [0.5, 0.6) is 11.5 Å². The number of amides is 1. The maximum absolute atomic E-state index is 13.2. The average molecular weight is 440 g/mol. The Hall–Kier alpha value is -4.72. The van der Waals surface area contributed by atoms with Gasteiger partial charge in [0.05, 0.1) is 6.20 Å². The molecule has 0 saturated carbocycles. The lowest BCUT2D eigenvalue weighted by Gasteiger charge is -2.10. The van der Waals surface area contributed by atoms with Crippen LogP contribution in [0.25, 0.3) is 11.2 Å². The minimum atomic E-state index is -0.547. The quantitative estimate of drug-likeness (QED) is 0.431. The zero-order chi connectivity index (χ0) is 22.8. The second-order valence-corrected chi connectivity index (χ2v) is 7.19. The number of anilines is 1. The van der Waals surface area contributed by atoms with Gasteiger partial charge in [-0.3, -0.25) is 14.2 Å². The third-order valence-electron chi connectivity index (χ3n) is 5.03. The molecule has 0 atom stereocenters. The molecule has 0 saturated heterocycles. The fourth-order valence-corrected chi connectivity index (χ4v) is 3.42. The van der Waals surface area contributed by atoms with E-state index in [2.05, 4.69) is 10.4 Å². The maximum Gasteiger partial charge on any atom is 0.267 e. The van der Waals surface area contributed by atoms with Gasteiger partial charge in [-0.15, -0.1) is 0 Å². The Morgan fingerprint density at radius 2 is 1.67 bits per heavy atom. The number of carbonyl (C=O) groups excluding carboxylic acids is 1. The Labute approximate surface area is 187 Å². The van der Waals surface area contributed by atoms with Crippen molar-refractivity contribution in [2.45, 2.75) is 0 Å². The molecule has 1 amide bonds. The fraction of sp³-hybridized carbons (Fsp3) is 0. The Bertz CT molecular complexity index is 1510. The van der Waals surface area contributed by atoms with Gasteiger partial charge < -0.3 is 10.1 Å². The van der Waals surface area contributed by atoms with Crippen molar-refractivity contribution in [3.05, 3.63) is 119 Å². The Morgan fingerprint density at radius 3 is 2.45 bits per heavy atom. The maximum atomic E-state index is 13.2. The molecule has 0 aliphatic heterocycles. The number of nitrogens with zero attached hydrogens (tertiary/aromatic N) is 3. The number of aromatic nitrogens is 3. The molecule has 3 heterocycles. The van der Waals surface area contributed by atoms with Crippen LogP contribution in [0, 0.1) is 5.82 Å². The van der Waals surface area contributed by atoms with Gasteiger partial charge in [-0.1, -0.05) is 0 Å². The van der Waals surface area contributed by atoms with Crippen molar-refractivity contribution in [1.82, 2.24) is 14.2 Å². The number of rotatable bonds is 5. The summed E-state index contributed by atoms with van der Waals surface area (Å²) in [4.78, 5) is 25.5. The molecular weight excluding hydrogens is 423 g/mol. The molecule has 0 radical (unpaired) electrons. The van der Waals surface area contributed by atoms with Gasteiger partial charge in [-0.2, -0.15) is 5.10 Å². The molecule has 0 fully saturated rings. The number of hydrogen-bond donors (Lipinski definition) is 1. The summed E-state index contributed by atoms with van der Waals surface area (Å²) in [5.74, 6) is 0.280. The standard InChI is InChI=1S/C25H17FN4O3/c26-17-5-9-19(10-6-17)29-15-1-3-21(25(29)32)24(31)28-18-7-11-20(12-8-18)33-23-4-2-16-30-22(23)13-14-27-30/h1-16H,(H,28,31). The molecule has 0 aliphatic carbocycles. The van der Waals surface area contributed by atoms with E-state index < -0.39 is 17.3 Å². The molecule has 162 valence electrons. The molecule has 0 aliphatic rings. The highest BCUT2D eigenvalue weighted by molar-refractivity contribution is 6.04. The zero-order valence-electron chi connectivity index (χ0n) is 17.2. The SMILES string of the molecule is O=C(Nc1ccc(Oc2cccn3nccc23)cc1)c1cccn(-c2ccc(F)cc2)c1=O. The van der Waals surface area contributed by atoms with Crippen molar-refractivity contribution < 1.29 is 13.9 Å². The van der Waals surface area contributed by atoms with Gasteiger partial charge >= 0.3 is 0 Å². The molecule has 3 aromatic heterocycles. The Balaban J connectivity index is 1.33. The van der Waals surface area contributed by atoms with E-state index >= 15 is 0 Å². The van der Waals surface area contributed by atoms with Crippen LogP contribution < -0.4 is 15.6 Å². The van der Waals surface area contributed by atoms with Crippen molar-refractivity contribution in [1.29, 1.82) is 0 Å². The van der Waals surface area contributed by atoms with Gasteiger partial charge in [-0.25, -0.2) is 8.91 Å². The highest BCUT2D eigenvalue weighted by Crippen LogP contribution is 2.26. The van der Waals surface area contributed by atoms with Crippen molar-refractivity contribution >= 4 is 17.1 Å². The average Bonchev–Trinajstić information content (AvgIpc) is 3.31. The van der Waals surface area contributed by atoms with E-state index in [0.717, 1.165) is 5.52 Å². The van der Waals surface area contributed by atoms with E-state index in [-0.39, 0.29) is 5.56 Å². The molecule has 0 spiro atoms. The first kappa shape index (κ1) is 20.2. The number of hydrogen-bond acceptors (Lipinski definition) is 4. The normalized spacial score (nSPS) is 10.8. The minimum Gasteiger partial charge on any atom is -0.455 e. The number of halogens is 1. The van der Waals surface area contributed by atoms with Crippen LogP contribution in [0.2, 0.25) is 0 Å². The van der Waals surface area contributed by atoms with Crippen molar-refractivity contribution in [3.8, 4) is 17.2 Å². The highest BCUT2D eigenvalue weighted by atomic mass is 19.1. The summed E-state index contributed by atoms with van der Waals surface area (Å²) in [6.07, 6.45) is 5.04. The van der Waals surface area contributed by atoms with E-state index in [1.54, 1.807) is 41.0 Å². The predicted molar refractivity (Wildman–Crippen MR) is 122 cm³/mol. The topological polar surface area (TPSA) is 77.6 Å². The van der Waals surface area contributed by atoms with E-state index in [9.17, 15) is 14.0 Å². The van der Waals surface area contributed by atoms with Gasteiger partial charge in [-0.05, 0) is 78.9 Å². The number of nitrogens with one attached hydrogen (secondary N) is 1. The molecule has 33 heavy (non-hydrogen) atoms. The lowest BCUT2D eigenvalue weighted by molar-refractivity contribution is 0.102. The third kappa shape index (κ3) is 4.09. The number of ether oxygens (including phenoxy) is 1. The van der Waals surface area contributed by atoms with Crippen LogP contribution >= 0.6 is 0 Å². The molecule has 8 heteroatoms. The summed E-state index contributed by atoms with van der Waals surface area (Å²) in [6.45, 7) is 0. The third-order valence-corrected chi connectivity index (χ3v) is 5.03. The zero-order valence-corrected chi connectivity index (χ0v) is 17.2. The molecule has 5 aromatic rings. The summed E-state index contributed by atoms with van der Waals surface area (Å²) < 4.78 is 22.1. The first-order valence-electron chi connectivity index (χ1n) is 10.1. The lowest BCUT2D eigenvalue weighted by Crippen LogP contribution is -2.27. The summed E-state index contributed by atoms with van der Waals surface area (Å²) >= 11 is 0. The molecule has 7 nitrogen and oxygen atoms in total. The highest BCUT2D eigenvalue weighted by Gasteiger charge is 2.14. The van der Waals surface area contributed by atoms with Crippen molar-refractivity contribution in [3.63, 3.8) is 0 Å². The number of fused-ring (bicyclic) bond motifs is 1. The van der Waals surface area contributed by atoms with E-state index in [4.69, 9.17) is 4.74 Å². The monoisotopic (exact) mass is 440 g/mol. The summed E-state index contributed by atoms with van der Waals surface area (Å²) in [5.41, 5.74) is 1.26. The first-order chi connectivity index (χ1) is 16.1. The molecule has 5 rings (SSSR count). The smallest absolute Gasteiger partial charge is 0.267 e. The van der Waals surface area contributed by atoms with Gasteiger partial charge in [0.15, 0.2) is 5.75 Å². The second kappa shape index (κ2) is 8.43. The van der Waals surface area contributed by atoms with Gasteiger partial charge in [0, 0.05) is 23.8 Å². The van der Waals surface area contributed by atoms with Crippen molar-refractivity contribution in [2.75, 3.05) is 5.32 Å². The van der Waals surface area contributed by atoms with Gasteiger partial charge in [0.2, 0.25) is 0 Å². The second-order valence-electron chi connectivity index (χ2n) is 7.19. The van der Waals surface area contributed by atoms with E-state index in [0.29, 0.717) is 22.9 Å². The van der Waals surface area contributed by atoms with Crippen molar-refractivity contribution in [2.24, 2.45) is 0 Å². The molecule has 1 N–H and O–H groups in total. The Kier molecular flexibility index (Phi) is 5.16. The predicted octanol–water partition coefficient (Wildman–Crippen LogP) is 4.67. The summed E-state index contributed by atoms with van der Waals surface area (Å²) in [7, 11) is 0. The van der Waals surface area contributed by atoms with Crippen LogP contribution in [0.3, 0.4) is 0 Å². The van der Waals surface area contributed by atoms with Crippen LogP contribution in [0.1, 0.15) is 10.4 Å². The van der Waals surface area contributed by atoms with Crippen LogP contribution in [-0.4, -0.2) is 20.1 Å². The van der Waals surface area contributed by atoms with Crippen LogP contribution in [-0.2, 0) is 0 Å². The minimum absolute atomic E-state index is 0.0328. The molecule has 0 bridgehead atoms. The number of carbonyl (C=O) groups is 1. The van der Waals surface area contributed by atoms with Crippen LogP contribution in [0.4, 0.5) is 10.1 Å². The molecule has 2 aromatic carbocycles. The van der Waals surface area contributed by atoms with E-state index in [1.807, 2.05) is 24.4 Å². The molecular formula is C25H17FN4O3. The van der Waals surface area contributed by atoms with Gasteiger partial charge in [0.1, 0.15) is 22.6 Å². The molecule has 0 unspecified atom stereocenters. The largest absolute Gasteiger partial charge is 0.455 e. The summed E-state index contributed by atoms with van der Waals surface area (Å²) in [5, 5.41) is 6.90. The summed E-state index contributed by atoms with van der Waals surface area (Å²) in [6, 6.07) is 20.8. The van der Waals surface area contributed by atoms with Gasteiger partial charge in [0.25, 0.3) is 11.5 Å². The lowest BCUT2D eigenvalue weighted by atomic mass is 10.2. The van der Waals surface area contributed by atoms with Crippen LogP contribution in [0.15, 0.2) is 102 Å². The number of pyridine rings is 2. The Morgan fingerprint density at radius 1 is 0.909 bits per heavy atom. The fourth-order valence-electron chi connectivity index (χ4n) is 3.42.